The number of hydrogen-bond donors (Lipinski definition) is 2. The Morgan fingerprint density at radius 2 is 1.97 bits per heavy atom. The lowest BCUT2D eigenvalue weighted by atomic mass is 9.44. The van der Waals surface area contributed by atoms with Crippen molar-refractivity contribution in [3.8, 4) is 0 Å². The third-order valence-corrected chi connectivity index (χ3v) is 9.05. The average Bonchev–Trinajstić information content (AvgIpc) is 2.89. The van der Waals surface area contributed by atoms with Crippen molar-refractivity contribution in [2.45, 2.75) is 70.8 Å². The van der Waals surface area contributed by atoms with Gasteiger partial charge in [0.15, 0.2) is 18.1 Å². The SMILES string of the molecule is CC(=O)OCC(=O)[C@@]1(O)[C@@H](C)CC2C3CCC4=CC(=O)C=C[C@]4(C)[C@@]3(F)[C@@H](O)C[C@@]21C. The molecule has 7 heteroatoms. The monoisotopic (exact) mass is 434 g/mol. The van der Waals surface area contributed by atoms with Gasteiger partial charge in [-0.2, -0.15) is 0 Å². The Balaban J connectivity index is 1.76. The number of esters is 1. The second-order valence-corrected chi connectivity index (χ2v) is 10.4. The van der Waals surface area contributed by atoms with Gasteiger partial charge in [-0.15, -0.1) is 0 Å². The molecule has 0 aromatic heterocycles. The molecule has 2 N–H and O–H groups in total. The number of alkyl halides is 1. The minimum atomic E-state index is -2.01. The van der Waals surface area contributed by atoms with Crippen LogP contribution in [-0.4, -0.2) is 51.7 Å². The fourth-order valence-electron chi connectivity index (χ4n) is 7.42. The summed E-state index contributed by atoms with van der Waals surface area (Å²) in [5.41, 5.74) is -5.33. The first-order chi connectivity index (χ1) is 14.3. The summed E-state index contributed by atoms with van der Waals surface area (Å²) in [6.45, 7) is 5.89. The molecule has 0 aromatic rings. The lowest BCUT2D eigenvalue weighted by Crippen LogP contribution is -2.69. The second-order valence-electron chi connectivity index (χ2n) is 10.4. The van der Waals surface area contributed by atoms with Gasteiger partial charge in [-0.1, -0.05) is 25.5 Å². The number of carbonyl (C=O) groups is 3. The van der Waals surface area contributed by atoms with E-state index in [4.69, 9.17) is 4.74 Å². The summed E-state index contributed by atoms with van der Waals surface area (Å²) in [5.74, 6) is -2.80. The highest BCUT2D eigenvalue weighted by Crippen LogP contribution is 2.70. The molecule has 4 aliphatic carbocycles. The summed E-state index contributed by atoms with van der Waals surface area (Å²) in [4.78, 5) is 36.2. The molecule has 0 bridgehead atoms. The fraction of sp³-hybridized carbons (Fsp3) is 0.708. The number of ether oxygens (including phenoxy) is 1. The number of aliphatic hydroxyl groups excluding tert-OH is 1. The van der Waals surface area contributed by atoms with Gasteiger partial charge in [-0.25, -0.2) is 4.39 Å². The molecule has 2 unspecified atom stereocenters. The smallest absolute Gasteiger partial charge is 0.303 e. The third-order valence-electron chi connectivity index (χ3n) is 9.05. The quantitative estimate of drug-likeness (QED) is 0.662. The van der Waals surface area contributed by atoms with Crippen LogP contribution in [0.15, 0.2) is 23.8 Å². The van der Waals surface area contributed by atoms with Crippen LogP contribution in [0.2, 0.25) is 0 Å². The van der Waals surface area contributed by atoms with Crippen molar-refractivity contribution in [1.29, 1.82) is 0 Å². The van der Waals surface area contributed by atoms with Crippen LogP contribution in [0, 0.1) is 28.6 Å². The van der Waals surface area contributed by atoms with Crippen LogP contribution in [0.4, 0.5) is 4.39 Å². The molecule has 0 saturated heterocycles. The zero-order valence-electron chi connectivity index (χ0n) is 18.5. The zero-order chi connectivity index (χ0) is 23.0. The van der Waals surface area contributed by atoms with E-state index in [-0.39, 0.29) is 18.1 Å². The van der Waals surface area contributed by atoms with Gasteiger partial charge in [0, 0.05) is 23.7 Å². The number of ketones is 2. The molecule has 0 aliphatic heterocycles. The molecule has 8 atom stereocenters. The van der Waals surface area contributed by atoms with Crippen LogP contribution in [0.3, 0.4) is 0 Å². The van der Waals surface area contributed by atoms with Crippen molar-refractivity contribution >= 4 is 17.5 Å². The Morgan fingerprint density at radius 1 is 1.29 bits per heavy atom. The molecule has 0 heterocycles. The van der Waals surface area contributed by atoms with Crippen molar-refractivity contribution in [3.05, 3.63) is 23.8 Å². The van der Waals surface area contributed by atoms with Crippen LogP contribution in [0.1, 0.15) is 53.4 Å². The number of Topliss-reactive ketones (excluding diaryl/α,β-unsaturated/α-hetero) is 1. The maximum Gasteiger partial charge on any atom is 0.303 e. The average molecular weight is 435 g/mol. The summed E-state index contributed by atoms with van der Waals surface area (Å²) in [5, 5.41) is 22.9. The molecule has 6 nitrogen and oxygen atoms in total. The standard InChI is InChI=1S/C24H31FO6/c1-13-9-18-17-6-5-15-10-16(27)7-8-21(15,3)23(17,25)19(28)11-22(18,4)24(13,30)20(29)12-31-14(2)26/h7-8,10,13,17-19,28,30H,5-6,9,11-12H2,1-4H3/t13-,17?,18?,19-,21-,22-,23-,24-/m0/s1. The highest BCUT2D eigenvalue weighted by molar-refractivity contribution is 6.01. The Kier molecular flexibility index (Phi) is 4.91. The predicted octanol–water partition coefficient (Wildman–Crippen LogP) is 2.47. The van der Waals surface area contributed by atoms with Crippen molar-refractivity contribution in [2.75, 3.05) is 6.61 Å². The molecule has 170 valence electrons. The van der Waals surface area contributed by atoms with Crippen molar-refractivity contribution in [3.63, 3.8) is 0 Å². The van der Waals surface area contributed by atoms with E-state index in [0.29, 0.717) is 24.8 Å². The number of aliphatic hydroxyl groups is 2. The van der Waals surface area contributed by atoms with E-state index in [1.54, 1.807) is 26.8 Å². The Morgan fingerprint density at radius 3 is 2.61 bits per heavy atom. The minimum absolute atomic E-state index is 0.0953. The molecule has 0 spiro atoms. The summed E-state index contributed by atoms with van der Waals surface area (Å²) in [7, 11) is 0. The molecular weight excluding hydrogens is 403 g/mol. The largest absolute Gasteiger partial charge is 0.458 e. The van der Waals surface area contributed by atoms with Crippen LogP contribution in [0.25, 0.3) is 0 Å². The molecule has 31 heavy (non-hydrogen) atoms. The molecule has 4 aliphatic rings. The molecule has 3 fully saturated rings. The van der Waals surface area contributed by atoms with Crippen LogP contribution >= 0.6 is 0 Å². The first-order valence-electron chi connectivity index (χ1n) is 11.0. The zero-order valence-corrected chi connectivity index (χ0v) is 18.5. The fourth-order valence-corrected chi connectivity index (χ4v) is 7.42. The van der Waals surface area contributed by atoms with Crippen LogP contribution in [0.5, 0.6) is 0 Å². The lowest BCUT2D eigenvalue weighted by Gasteiger charge is -2.62. The van der Waals surface area contributed by atoms with E-state index < -0.39 is 58.4 Å². The van der Waals surface area contributed by atoms with Crippen LogP contribution in [-0.2, 0) is 19.1 Å². The van der Waals surface area contributed by atoms with Gasteiger partial charge >= 0.3 is 5.97 Å². The van der Waals surface area contributed by atoms with E-state index >= 15 is 4.39 Å². The molecule has 0 aromatic carbocycles. The first-order valence-corrected chi connectivity index (χ1v) is 11.0. The van der Waals surface area contributed by atoms with Crippen LogP contribution < -0.4 is 0 Å². The first kappa shape index (κ1) is 22.3. The molecular formula is C24H31FO6. The van der Waals surface area contributed by atoms with Gasteiger partial charge in [-0.05, 0) is 56.6 Å². The number of carbonyl (C=O) groups excluding carboxylic acids is 3. The molecule has 3 saturated carbocycles. The minimum Gasteiger partial charge on any atom is -0.458 e. The summed E-state index contributed by atoms with van der Waals surface area (Å²) < 4.78 is 21.9. The van der Waals surface area contributed by atoms with Gasteiger partial charge in [-0.3, -0.25) is 14.4 Å². The van der Waals surface area contributed by atoms with Gasteiger partial charge in [0.1, 0.15) is 5.60 Å². The summed E-state index contributed by atoms with van der Waals surface area (Å²) >= 11 is 0. The van der Waals surface area contributed by atoms with Gasteiger partial charge < -0.3 is 14.9 Å². The maximum atomic E-state index is 17.0. The Labute approximate surface area is 181 Å². The van der Waals surface area contributed by atoms with E-state index in [1.165, 1.54) is 19.1 Å². The van der Waals surface area contributed by atoms with E-state index in [0.717, 1.165) is 0 Å². The van der Waals surface area contributed by atoms with Crippen molar-refractivity contribution in [1.82, 2.24) is 0 Å². The molecule has 0 amide bonds. The van der Waals surface area contributed by atoms with Gasteiger partial charge in [0.2, 0.25) is 5.78 Å². The number of halogens is 1. The number of allylic oxidation sites excluding steroid dienone is 4. The summed E-state index contributed by atoms with van der Waals surface area (Å²) in [6.07, 6.45) is 4.29. The lowest BCUT2D eigenvalue weighted by molar-refractivity contribution is -0.219. The number of fused-ring (bicyclic) bond motifs is 5. The molecule has 4 rings (SSSR count). The summed E-state index contributed by atoms with van der Waals surface area (Å²) in [6, 6.07) is 0. The highest BCUT2D eigenvalue weighted by Gasteiger charge is 2.75. The van der Waals surface area contributed by atoms with Gasteiger partial charge in [0.25, 0.3) is 0 Å². The number of hydrogen-bond acceptors (Lipinski definition) is 6. The van der Waals surface area contributed by atoms with Crippen molar-refractivity contribution in [2.24, 2.45) is 28.6 Å². The number of rotatable bonds is 3. The van der Waals surface area contributed by atoms with E-state index in [2.05, 4.69) is 0 Å². The third kappa shape index (κ3) is 2.65. The Hall–Kier alpha value is -1.86. The maximum absolute atomic E-state index is 17.0. The normalized spacial score (nSPS) is 48.4. The highest BCUT2D eigenvalue weighted by atomic mass is 19.1. The van der Waals surface area contributed by atoms with Crippen molar-refractivity contribution < 1.29 is 33.7 Å². The van der Waals surface area contributed by atoms with E-state index in [9.17, 15) is 24.6 Å². The second kappa shape index (κ2) is 6.82. The Bertz CT molecular complexity index is 910. The van der Waals surface area contributed by atoms with Gasteiger partial charge in [0.05, 0.1) is 6.10 Å². The molecule has 0 radical (unpaired) electrons. The topological polar surface area (TPSA) is 101 Å². The predicted molar refractivity (Wildman–Crippen MR) is 109 cm³/mol. The van der Waals surface area contributed by atoms with E-state index in [1.807, 2.05) is 0 Å².